The van der Waals surface area contributed by atoms with Gasteiger partial charge in [-0.3, -0.25) is 4.79 Å². The average Bonchev–Trinajstić information content (AvgIpc) is 3.13. The highest BCUT2D eigenvalue weighted by Crippen LogP contribution is 2.20. The highest BCUT2D eigenvalue weighted by molar-refractivity contribution is 7.89. The number of amides is 1. The Labute approximate surface area is 154 Å². The van der Waals surface area contributed by atoms with E-state index < -0.39 is 10.0 Å². The molecule has 0 saturated heterocycles. The molecule has 0 spiro atoms. The van der Waals surface area contributed by atoms with Crippen molar-refractivity contribution in [3.63, 3.8) is 0 Å². The molecule has 1 aliphatic rings. The molecule has 1 saturated carbocycles. The van der Waals surface area contributed by atoms with Crippen LogP contribution in [0, 0.1) is 6.92 Å². The quantitative estimate of drug-likeness (QED) is 0.818. The van der Waals surface area contributed by atoms with E-state index in [4.69, 9.17) is 0 Å². The number of nitrogens with one attached hydrogen (secondary N) is 2. The van der Waals surface area contributed by atoms with Crippen LogP contribution in [0.5, 0.6) is 0 Å². The Morgan fingerprint density at radius 1 is 1.00 bits per heavy atom. The van der Waals surface area contributed by atoms with Gasteiger partial charge in [0.1, 0.15) is 0 Å². The molecule has 0 aliphatic heterocycles. The van der Waals surface area contributed by atoms with E-state index in [9.17, 15) is 13.2 Å². The summed E-state index contributed by atoms with van der Waals surface area (Å²) in [6, 6.07) is 14.0. The lowest BCUT2D eigenvalue weighted by Crippen LogP contribution is -2.32. The zero-order valence-electron chi connectivity index (χ0n) is 14.9. The zero-order valence-corrected chi connectivity index (χ0v) is 15.7. The minimum atomic E-state index is -3.53. The summed E-state index contributed by atoms with van der Waals surface area (Å²) >= 11 is 0. The van der Waals surface area contributed by atoms with Crippen LogP contribution in [0.2, 0.25) is 0 Å². The van der Waals surface area contributed by atoms with Crippen LogP contribution in [0.1, 0.15) is 47.2 Å². The Morgan fingerprint density at radius 3 is 2.23 bits per heavy atom. The number of rotatable bonds is 6. The topological polar surface area (TPSA) is 75.3 Å². The summed E-state index contributed by atoms with van der Waals surface area (Å²) in [6.45, 7) is 2.45. The number of aryl methyl sites for hydroxylation is 1. The van der Waals surface area contributed by atoms with Crippen molar-refractivity contribution in [3.8, 4) is 0 Å². The molecule has 2 aromatic carbocycles. The SMILES string of the molecule is Cc1ccc(CNC(=O)c2ccc(S(=O)(=O)NC3CCCC3)cc2)cc1. The first-order valence-electron chi connectivity index (χ1n) is 8.90. The summed E-state index contributed by atoms with van der Waals surface area (Å²) in [5.74, 6) is -0.224. The molecule has 2 N–H and O–H groups in total. The number of benzene rings is 2. The summed E-state index contributed by atoms with van der Waals surface area (Å²) in [5.41, 5.74) is 2.63. The highest BCUT2D eigenvalue weighted by Gasteiger charge is 2.23. The van der Waals surface area contributed by atoms with Gasteiger partial charge in [-0.1, -0.05) is 42.7 Å². The lowest BCUT2D eigenvalue weighted by Gasteiger charge is -2.13. The standard InChI is InChI=1S/C20H24N2O3S/c1-15-6-8-16(9-7-15)14-21-20(23)17-10-12-19(13-11-17)26(24,25)22-18-4-2-3-5-18/h6-13,18,22H,2-5,14H2,1H3,(H,21,23). The van der Waals surface area contributed by atoms with Crippen LogP contribution >= 0.6 is 0 Å². The summed E-state index contributed by atoms with van der Waals surface area (Å²) in [4.78, 5) is 12.4. The van der Waals surface area contributed by atoms with Gasteiger partial charge in [0.15, 0.2) is 0 Å². The smallest absolute Gasteiger partial charge is 0.251 e. The van der Waals surface area contributed by atoms with Crippen molar-refractivity contribution in [3.05, 3.63) is 65.2 Å². The van der Waals surface area contributed by atoms with Crippen molar-refractivity contribution in [2.24, 2.45) is 0 Å². The highest BCUT2D eigenvalue weighted by atomic mass is 32.2. The van der Waals surface area contributed by atoms with Crippen LogP contribution in [0.4, 0.5) is 0 Å². The second kappa shape index (κ2) is 8.01. The Balaban J connectivity index is 1.61. The van der Waals surface area contributed by atoms with Crippen molar-refractivity contribution in [2.45, 2.75) is 50.1 Å². The van der Waals surface area contributed by atoms with Crippen LogP contribution in [-0.2, 0) is 16.6 Å². The van der Waals surface area contributed by atoms with E-state index in [1.165, 1.54) is 17.7 Å². The van der Waals surface area contributed by atoms with Gasteiger partial charge >= 0.3 is 0 Å². The van der Waals surface area contributed by atoms with Gasteiger partial charge in [0, 0.05) is 18.2 Å². The number of hydrogen-bond acceptors (Lipinski definition) is 3. The van der Waals surface area contributed by atoms with Crippen LogP contribution in [0.25, 0.3) is 0 Å². The summed E-state index contributed by atoms with van der Waals surface area (Å²) in [7, 11) is -3.53. The van der Waals surface area contributed by atoms with E-state index in [1.54, 1.807) is 12.1 Å². The van der Waals surface area contributed by atoms with Gasteiger partial charge in [0.05, 0.1) is 4.90 Å². The van der Waals surface area contributed by atoms with Gasteiger partial charge in [0.2, 0.25) is 10.0 Å². The van der Waals surface area contributed by atoms with Crippen molar-refractivity contribution in [1.82, 2.24) is 10.0 Å². The molecule has 5 nitrogen and oxygen atoms in total. The number of hydrogen-bond donors (Lipinski definition) is 2. The lowest BCUT2D eigenvalue weighted by molar-refractivity contribution is 0.0951. The molecule has 0 bridgehead atoms. The Morgan fingerprint density at radius 2 is 1.62 bits per heavy atom. The molecule has 6 heteroatoms. The first-order valence-corrected chi connectivity index (χ1v) is 10.4. The molecule has 0 unspecified atom stereocenters. The van der Waals surface area contributed by atoms with Crippen LogP contribution < -0.4 is 10.0 Å². The third-order valence-corrected chi connectivity index (χ3v) is 6.21. The van der Waals surface area contributed by atoms with Gasteiger partial charge in [-0.25, -0.2) is 13.1 Å². The first-order chi connectivity index (χ1) is 12.4. The predicted molar refractivity (Wildman–Crippen MR) is 101 cm³/mol. The van der Waals surface area contributed by atoms with Gasteiger partial charge in [-0.15, -0.1) is 0 Å². The maximum atomic E-state index is 12.4. The summed E-state index contributed by atoms with van der Waals surface area (Å²) < 4.78 is 27.5. The minimum Gasteiger partial charge on any atom is -0.348 e. The fourth-order valence-corrected chi connectivity index (χ4v) is 4.41. The molecule has 3 rings (SSSR count). The normalized spacial score (nSPS) is 15.1. The molecule has 1 fully saturated rings. The fourth-order valence-electron chi connectivity index (χ4n) is 3.11. The summed E-state index contributed by atoms with van der Waals surface area (Å²) in [5, 5.41) is 2.85. The predicted octanol–water partition coefficient (Wildman–Crippen LogP) is 3.15. The average molecular weight is 372 g/mol. The van der Waals surface area contributed by atoms with Crippen molar-refractivity contribution in [2.75, 3.05) is 0 Å². The summed E-state index contributed by atoms with van der Waals surface area (Å²) in [6.07, 6.45) is 3.90. The van der Waals surface area contributed by atoms with E-state index in [0.29, 0.717) is 12.1 Å². The van der Waals surface area contributed by atoms with E-state index in [2.05, 4.69) is 10.0 Å². The third kappa shape index (κ3) is 4.71. The molecule has 2 aromatic rings. The molecule has 0 heterocycles. The molecular formula is C20H24N2O3S. The van der Waals surface area contributed by atoms with Crippen molar-refractivity contribution >= 4 is 15.9 Å². The number of sulfonamides is 1. The minimum absolute atomic E-state index is 0.0254. The van der Waals surface area contributed by atoms with Crippen LogP contribution in [-0.4, -0.2) is 20.4 Å². The van der Waals surface area contributed by atoms with Crippen LogP contribution in [0.3, 0.4) is 0 Å². The van der Waals surface area contributed by atoms with Crippen molar-refractivity contribution in [1.29, 1.82) is 0 Å². The number of carbonyl (C=O) groups is 1. The first kappa shape index (κ1) is 18.6. The number of carbonyl (C=O) groups excluding carboxylic acids is 1. The molecule has 0 radical (unpaired) electrons. The molecule has 0 atom stereocenters. The molecular weight excluding hydrogens is 348 g/mol. The molecule has 1 aliphatic carbocycles. The Bertz CT molecular complexity index is 853. The Kier molecular flexibility index (Phi) is 5.74. The lowest BCUT2D eigenvalue weighted by atomic mass is 10.1. The van der Waals surface area contributed by atoms with E-state index in [-0.39, 0.29) is 16.8 Å². The largest absolute Gasteiger partial charge is 0.348 e. The maximum absolute atomic E-state index is 12.4. The van der Waals surface area contributed by atoms with Crippen LogP contribution in [0.15, 0.2) is 53.4 Å². The fraction of sp³-hybridized carbons (Fsp3) is 0.350. The van der Waals surface area contributed by atoms with E-state index >= 15 is 0 Å². The van der Waals surface area contributed by atoms with Gasteiger partial charge in [-0.2, -0.15) is 0 Å². The maximum Gasteiger partial charge on any atom is 0.251 e. The second-order valence-electron chi connectivity index (χ2n) is 6.80. The monoisotopic (exact) mass is 372 g/mol. The molecule has 26 heavy (non-hydrogen) atoms. The second-order valence-corrected chi connectivity index (χ2v) is 8.51. The van der Waals surface area contributed by atoms with E-state index in [0.717, 1.165) is 31.2 Å². The van der Waals surface area contributed by atoms with Gasteiger partial charge in [-0.05, 0) is 49.6 Å². The molecule has 0 aromatic heterocycles. The van der Waals surface area contributed by atoms with Gasteiger partial charge in [0.25, 0.3) is 5.91 Å². The molecule has 1 amide bonds. The van der Waals surface area contributed by atoms with E-state index in [1.807, 2.05) is 31.2 Å². The van der Waals surface area contributed by atoms with Crippen molar-refractivity contribution < 1.29 is 13.2 Å². The molecule has 138 valence electrons. The van der Waals surface area contributed by atoms with Gasteiger partial charge < -0.3 is 5.32 Å². The zero-order chi connectivity index (χ0) is 18.6. The third-order valence-electron chi connectivity index (χ3n) is 4.68. The Hall–Kier alpha value is -2.18.